The average molecular weight is 347 g/mol. The maximum Gasteiger partial charge on any atom is 0.277 e. The second-order valence-corrected chi connectivity index (χ2v) is 7.95. The van der Waals surface area contributed by atoms with E-state index in [4.69, 9.17) is 4.74 Å². The zero-order valence-electron chi connectivity index (χ0n) is 15.8. The largest absolute Gasteiger partial charge is 0.543 e. The lowest BCUT2D eigenvalue weighted by Gasteiger charge is -2.33. The second-order valence-electron chi connectivity index (χ2n) is 7.95. The molecule has 1 rings (SSSR count). The summed E-state index contributed by atoms with van der Waals surface area (Å²) in [5, 5.41) is 13.9. The van der Waals surface area contributed by atoms with Crippen molar-refractivity contribution in [1.29, 1.82) is 0 Å². The maximum absolute atomic E-state index is 11.6. The van der Waals surface area contributed by atoms with Gasteiger partial charge in [-0.15, -0.1) is 0 Å². The summed E-state index contributed by atoms with van der Waals surface area (Å²) in [5.41, 5.74) is 3.25. The number of carbonyl (C=O) groups excluding carboxylic acids is 2. The number of nitrogens with zero attached hydrogens (tertiary/aromatic N) is 1. The molecule has 0 unspecified atom stereocenters. The number of amides is 1. The van der Waals surface area contributed by atoms with Gasteiger partial charge in [-0.05, 0) is 41.9 Å². The van der Waals surface area contributed by atoms with Crippen LogP contribution in [0.25, 0.3) is 0 Å². The van der Waals surface area contributed by atoms with Gasteiger partial charge in [0, 0.05) is 0 Å². The predicted octanol–water partition coefficient (Wildman–Crippen LogP) is 2.02. The molecule has 1 amide bonds. The number of benzene rings is 1. The summed E-state index contributed by atoms with van der Waals surface area (Å²) >= 11 is 0. The number of rotatable bonds is 7. The Labute approximate surface area is 149 Å². The van der Waals surface area contributed by atoms with Gasteiger partial charge in [0.2, 0.25) is 0 Å². The Hall–Kier alpha value is -2.37. The number of ether oxygens (including phenoxy) is 1. The summed E-state index contributed by atoms with van der Waals surface area (Å²) in [4.78, 5) is 22.0. The minimum Gasteiger partial charge on any atom is -0.543 e. The number of carbonyl (C=O) groups is 2. The Kier molecular flexibility index (Phi) is 6.73. The molecule has 25 heavy (non-hydrogen) atoms. The number of hydrazone groups is 1. The van der Waals surface area contributed by atoms with Gasteiger partial charge in [0.1, 0.15) is 5.75 Å². The summed E-state index contributed by atoms with van der Waals surface area (Å²) in [6, 6.07) is 7.64. The highest BCUT2D eigenvalue weighted by Gasteiger charge is 2.27. The van der Waals surface area contributed by atoms with Crippen LogP contribution in [0.2, 0.25) is 0 Å². The van der Waals surface area contributed by atoms with Crippen LogP contribution in [-0.2, 0) is 15.0 Å². The van der Waals surface area contributed by atoms with Crippen LogP contribution in [0.1, 0.15) is 53.5 Å². The van der Waals surface area contributed by atoms with Gasteiger partial charge in [0.05, 0.1) is 11.7 Å². The first-order valence-electron chi connectivity index (χ1n) is 8.18. The normalized spacial score (nSPS) is 12.6. The number of carboxylic acids is 1. The zero-order chi connectivity index (χ0) is 19.3. The Morgan fingerprint density at radius 2 is 1.68 bits per heavy atom. The number of hydrogen-bond donors (Lipinski definition) is 1. The van der Waals surface area contributed by atoms with Crippen molar-refractivity contribution < 1.29 is 19.4 Å². The summed E-state index contributed by atoms with van der Waals surface area (Å²) in [6.45, 7) is 12.0. The van der Waals surface area contributed by atoms with E-state index in [9.17, 15) is 14.7 Å². The van der Waals surface area contributed by atoms with E-state index < -0.39 is 11.9 Å². The summed E-state index contributed by atoms with van der Waals surface area (Å²) < 4.78 is 5.38. The first-order valence-corrected chi connectivity index (χ1v) is 8.18. The molecule has 0 fully saturated rings. The molecular weight excluding hydrogens is 320 g/mol. The van der Waals surface area contributed by atoms with Crippen molar-refractivity contribution in [3.8, 4) is 5.75 Å². The fourth-order valence-electron chi connectivity index (χ4n) is 2.80. The third kappa shape index (κ3) is 7.37. The molecule has 0 bridgehead atoms. The minimum absolute atomic E-state index is 0.0330. The van der Waals surface area contributed by atoms with Crippen LogP contribution in [0.5, 0.6) is 5.75 Å². The van der Waals surface area contributed by atoms with Crippen LogP contribution < -0.4 is 15.3 Å². The van der Waals surface area contributed by atoms with E-state index in [-0.39, 0.29) is 23.1 Å². The van der Waals surface area contributed by atoms with Crippen molar-refractivity contribution >= 4 is 17.6 Å². The molecule has 1 aromatic rings. The highest BCUT2D eigenvalue weighted by atomic mass is 16.5. The first kappa shape index (κ1) is 20.7. The zero-order valence-corrected chi connectivity index (χ0v) is 15.8. The van der Waals surface area contributed by atoms with E-state index in [1.54, 1.807) is 0 Å². The van der Waals surface area contributed by atoms with Crippen LogP contribution in [-0.4, -0.2) is 24.2 Å². The third-order valence-electron chi connectivity index (χ3n) is 3.62. The van der Waals surface area contributed by atoms with E-state index in [0.29, 0.717) is 5.75 Å². The van der Waals surface area contributed by atoms with Crippen molar-refractivity contribution in [3.05, 3.63) is 29.8 Å². The van der Waals surface area contributed by atoms with Crippen molar-refractivity contribution in [2.24, 2.45) is 10.5 Å². The van der Waals surface area contributed by atoms with Gasteiger partial charge in [-0.3, -0.25) is 4.79 Å². The molecule has 1 aromatic carbocycles. The first-order chi connectivity index (χ1) is 11.4. The molecule has 0 radical (unpaired) electrons. The lowest BCUT2D eigenvalue weighted by atomic mass is 9.72. The molecule has 0 aromatic heterocycles. The van der Waals surface area contributed by atoms with E-state index in [2.05, 4.69) is 45.1 Å². The van der Waals surface area contributed by atoms with Gasteiger partial charge in [-0.2, -0.15) is 5.10 Å². The molecule has 0 spiro atoms. The van der Waals surface area contributed by atoms with E-state index in [1.807, 2.05) is 24.3 Å². The Balaban J connectivity index is 2.61. The molecule has 1 N–H and O–H groups in total. The topological polar surface area (TPSA) is 90.8 Å². The van der Waals surface area contributed by atoms with Gasteiger partial charge in [-0.1, -0.05) is 46.8 Å². The van der Waals surface area contributed by atoms with E-state index in [1.165, 1.54) is 12.5 Å². The van der Waals surface area contributed by atoms with Crippen molar-refractivity contribution in [1.82, 2.24) is 5.43 Å². The predicted molar refractivity (Wildman–Crippen MR) is 95.3 cm³/mol. The number of carboxylic acid groups (broad SMARTS) is 1. The van der Waals surface area contributed by atoms with E-state index in [0.717, 1.165) is 6.42 Å². The summed E-state index contributed by atoms with van der Waals surface area (Å²) in [7, 11) is 0. The molecule has 138 valence electrons. The summed E-state index contributed by atoms with van der Waals surface area (Å²) in [6.07, 6.45) is 1.04. The fourth-order valence-corrected chi connectivity index (χ4v) is 2.80. The molecule has 0 aliphatic heterocycles. The van der Waals surface area contributed by atoms with Crippen molar-refractivity contribution in [3.63, 3.8) is 0 Å². The van der Waals surface area contributed by atoms with Crippen LogP contribution in [0.15, 0.2) is 29.4 Å². The third-order valence-corrected chi connectivity index (χ3v) is 3.62. The smallest absolute Gasteiger partial charge is 0.277 e. The molecule has 0 aliphatic rings. The summed E-state index contributed by atoms with van der Waals surface area (Å²) in [5.74, 6) is -1.42. The van der Waals surface area contributed by atoms with Crippen LogP contribution >= 0.6 is 0 Å². The second kappa shape index (κ2) is 8.14. The molecule has 6 heteroatoms. The Morgan fingerprint density at radius 3 is 2.16 bits per heavy atom. The minimum atomic E-state index is -1.44. The van der Waals surface area contributed by atoms with Crippen molar-refractivity contribution in [2.45, 2.75) is 53.4 Å². The monoisotopic (exact) mass is 347 g/mol. The number of aliphatic carboxylic acids is 1. The standard InChI is InChI=1S/C19H28N2O4/c1-13(17(23)24)20-21-16(22)11-25-15-9-7-14(8-10-15)19(5,6)12-18(2,3)4/h7-10H,11-12H2,1-6H3,(H,21,22)(H,23,24)/p-1/b20-13+. The number of hydrogen-bond acceptors (Lipinski definition) is 5. The molecule has 0 atom stereocenters. The average Bonchev–Trinajstić information content (AvgIpc) is 2.48. The van der Waals surface area contributed by atoms with Gasteiger partial charge in [0.25, 0.3) is 5.91 Å². The lowest BCUT2D eigenvalue weighted by Crippen LogP contribution is -2.33. The molecule has 0 saturated carbocycles. The van der Waals surface area contributed by atoms with Crippen LogP contribution in [0, 0.1) is 5.41 Å². The maximum atomic E-state index is 11.6. The molecule has 0 heterocycles. The SMILES string of the molecule is C/C(=N\NC(=O)COc1ccc(C(C)(C)CC(C)(C)C)cc1)C(=O)[O-]. The molecule has 0 aliphatic carbocycles. The quantitative estimate of drug-likeness (QED) is 0.603. The Bertz CT molecular complexity index is 640. The highest BCUT2D eigenvalue weighted by molar-refractivity contribution is 6.33. The van der Waals surface area contributed by atoms with Gasteiger partial charge in [-0.25, -0.2) is 5.43 Å². The van der Waals surface area contributed by atoms with E-state index >= 15 is 0 Å². The highest BCUT2D eigenvalue weighted by Crippen LogP contribution is 2.36. The van der Waals surface area contributed by atoms with Gasteiger partial charge < -0.3 is 14.6 Å². The van der Waals surface area contributed by atoms with Crippen LogP contribution in [0.4, 0.5) is 0 Å². The fraction of sp³-hybridized carbons (Fsp3) is 0.526. The van der Waals surface area contributed by atoms with Crippen molar-refractivity contribution in [2.75, 3.05) is 6.61 Å². The van der Waals surface area contributed by atoms with Gasteiger partial charge in [0.15, 0.2) is 6.61 Å². The molecule has 0 saturated heterocycles. The lowest BCUT2D eigenvalue weighted by molar-refractivity contribution is -0.294. The number of nitrogens with one attached hydrogen (secondary N) is 1. The molecule has 6 nitrogen and oxygen atoms in total. The van der Waals surface area contributed by atoms with Gasteiger partial charge >= 0.3 is 0 Å². The van der Waals surface area contributed by atoms with Crippen LogP contribution in [0.3, 0.4) is 0 Å². The Morgan fingerprint density at radius 1 is 1.12 bits per heavy atom. The molecular formula is C19H27N2O4-.